The van der Waals surface area contributed by atoms with Crippen molar-refractivity contribution in [3.05, 3.63) is 88.7 Å². The summed E-state index contributed by atoms with van der Waals surface area (Å²) in [4.78, 5) is 12.0. The number of halogens is 1. The van der Waals surface area contributed by atoms with Gasteiger partial charge in [0.25, 0.3) is 0 Å². The third-order valence-electron chi connectivity index (χ3n) is 6.04. The summed E-state index contributed by atoms with van der Waals surface area (Å²) in [6.07, 6.45) is 4.38. The Morgan fingerprint density at radius 1 is 0.939 bits per heavy atom. The number of aromatic nitrogens is 2. The van der Waals surface area contributed by atoms with Gasteiger partial charge in [-0.15, -0.1) is 0 Å². The Kier molecular flexibility index (Phi) is 5.79. The minimum absolute atomic E-state index is 0.450. The number of rotatable bonds is 4. The third kappa shape index (κ3) is 4.72. The fourth-order valence-electron chi connectivity index (χ4n) is 4.23. The first-order valence-corrected chi connectivity index (χ1v) is 11.8. The number of hydrogen-bond donors (Lipinski definition) is 0. The summed E-state index contributed by atoms with van der Waals surface area (Å²) in [6.45, 7) is 6.65. The van der Waals surface area contributed by atoms with Crippen LogP contribution in [0.1, 0.15) is 43.5 Å². The molecule has 2 heterocycles. The second-order valence-corrected chi connectivity index (χ2v) is 9.39. The second-order valence-electron chi connectivity index (χ2n) is 8.95. The Hall–Kier alpha value is -3.35. The maximum Gasteiger partial charge on any atom is 0.129 e. The molecule has 0 atom stereocenters. The minimum atomic E-state index is 0.450. The molecule has 0 unspecified atom stereocenters. The van der Waals surface area contributed by atoms with Crippen LogP contribution in [0.15, 0.2) is 66.9 Å². The highest BCUT2D eigenvalue weighted by molar-refractivity contribution is 6.30. The molecule has 1 aliphatic rings. The summed E-state index contributed by atoms with van der Waals surface area (Å²) in [5, 5.41) is 1.88. The molecule has 0 aliphatic heterocycles. The number of aryl methyl sites for hydroxylation is 1. The van der Waals surface area contributed by atoms with E-state index in [1.165, 1.54) is 18.4 Å². The maximum atomic E-state index is 5.98. The summed E-state index contributed by atoms with van der Waals surface area (Å²) < 4.78 is 0. The van der Waals surface area contributed by atoms with E-state index in [1.54, 1.807) is 0 Å². The summed E-state index contributed by atoms with van der Waals surface area (Å²) in [5.41, 5.74) is 6.09. The molecule has 0 bridgehead atoms. The van der Waals surface area contributed by atoms with Crippen molar-refractivity contribution in [2.45, 2.75) is 45.7 Å². The number of pyridine rings is 2. The van der Waals surface area contributed by atoms with Crippen LogP contribution >= 0.6 is 11.6 Å². The molecule has 1 aliphatic carbocycles. The average Bonchev–Trinajstić information content (AvgIpc) is 3.64. The van der Waals surface area contributed by atoms with Crippen molar-refractivity contribution < 1.29 is 0 Å². The van der Waals surface area contributed by atoms with Gasteiger partial charge >= 0.3 is 0 Å². The maximum absolute atomic E-state index is 5.98. The van der Waals surface area contributed by atoms with Crippen molar-refractivity contribution in [1.82, 2.24) is 9.97 Å². The molecule has 1 saturated carbocycles. The van der Waals surface area contributed by atoms with E-state index in [1.807, 2.05) is 48.7 Å². The SMILES string of the molecule is Cc1cc(N(C(C)C)C2CC2)nc2ccc(C#Cc3ccc(-c4ccc(Cl)cc4)cn3)cc12. The van der Waals surface area contributed by atoms with E-state index in [4.69, 9.17) is 16.6 Å². The molecule has 2 aromatic heterocycles. The fraction of sp³-hybridized carbons (Fsp3) is 0.241. The van der Waals surface area contributed by atoms with Crippen LogP contribution < -0.4 is 4.90 Å². The zero-order chi connectivity index (χ0) is 22.9. The molecule has 4 aromatic rings. The van der Waals surface area contributed by atoms with Crippen LogP contribution in [-0.4, -0.2) is 22.1 Å². The van der Waals surface area contributed by atoms with E-state index in [9.17, 15) is 0 Å². The predicted molar refractivity (Wildman–Crippen MR) is 138 cm³/mol. The molecule has 0 spiro atoms. The summed E-state index contributed by atoms with van der Waals surface area (Å²) >= 11 is 5.98. The van der Waals surface area contributed by atoms with Crippen LogP contribution in [0.2, 0.25) is 5.02 Å². The molecule has 164 valence electrons. The first-order valence-electron chi connectivity index (χ1n) is 11.4. The van der Waals surface area contributed by atoms with E-state index in [2.05, 4.69) is 60.7 Å². The highest BCUT2D eigenvalue weighted by Gasteiger charge is 2.31. The van der Waals surface area contributed by atoms with Crippen LogP contribution in [0.5, 0.6) is 0 Å². The molecule has 3 nitrogen and oxygen atoms in total. The van der Waals surface area contributed by atoms with Crippen molar-refractivity contribution in [1.29, 1.82) is 0 Å². The number of nitrogens with zero attached hydrogens (tertiary/aromatic N) is 3. The van der Waals surface area contributed by atoms with E-state index >= 15 is 0 Å². The van der Waals surface area contributed by atoms with Crippen molar-refractivity contribution in [2.24, 2.45) is 0 Å². The molecular formula is C29H26ClN3. The Balaban J connectivity index is 1.39. The Labute approximate surface area is 200 Å². The van der Waals surface area contributed by atoms with Crippen molar-refractivity contribution in [2.75, 3.05) is 4.90 Å². The lowest BCUT2D eigenvalue weighted by Gasteiger charge is -2.28. The molecular weight excluding hydrogens is 426 g/mol. The van der Waals surface area contributed by atoms with Gasteiger partial charge in [0, 0.05) is 39.8 Å². The van der Waals surface area contributed by atoms with E-state index in [-0.39, 0.29) is 0 Å². The van der Waals surface area contributed by atoms with E-state index in [0.717, 1.165) is 44.1 Å². The Morgan fingerprint density at radius 2 is 1.70 bits per heavy atom. The lowest BCUT2D eigenvalue weighted by molar-refractivity contribution is 0.670. The standard InChI is InChI=1S/C29H26ClN3/c1-19(2)33(26-13-14-26)29-16-20(3)27-17-21(5-15-28(27)32-29)4-11-25-12-8-23(18-31-25)22-6-9-24(30)10-7-22/h5-10,12,15-19,26H,13-14H2,1-3H3. The van der Waals surface area contributed by atoms with Crippen molar-refractivity contribution >= 4 is 28.3 Å². The van der Waals surface area contributed by atoms with Crippen LogP contribution in [0.3, 0.4) is 0 Å². The van der Waals surface area contributed by atoms with Gasteiger partial charge in [0.1, 0.15) is 11.5 Å². The van der Waals surface area contributed by atoms with E-state index < -0.39 is 0 Å². The van der Waals surface area contributed by atoms with E-state index in [0.29, 0.717) is 12.1 Å². The lowest BCUT2D eigenvalue weighted by Crippen LogP contribution is -2.33. The van der Waals surface area contributed by atoms with Crippen LogP contribution in [0.4, 0.5) is 5.82 Å². The van der Waals surface area contributed by atoms with Crippen molar-refractivity contribution in [3.8, 4) is 23.0 Å². The van der Waals surface area contributed by atoms with Crippen LogP contribution in [0.25, 0.3) is 22.0 Å². The molecule has 0 saturated heterocycles. The molecule has 33 heavy (non-hydrogen) atoms. The molecule has 0 N–H and O–H groups in total. The highest BCUT2D eigenvalue weighted by atomic mass is 35.5. The Bertz CT molecular complexity index is 1360. The minimum Gasteiger partial charge on any atom is -0.351 e. The van der Waals surface area contributed by atoms with Crippen molar-refractivity contribution in [3.63, 3.8) is 0 Å². The number of benzene rings is 2. The Morgan fingerprint density at radius 3 is 2.36 bits per heavy atom. The molecule has 5 rings (SSSR count). The summed E-state index contributed by atoms with van der Waals surface area (Å²) in [5.74, 6) is 7.54. The molecule has 4 heteroatoms. The topological polar surface area (TPSA) is 29.0 Å². The lowest BCUT2D eigenvalue weighted by atomic mass is 10.1. The fourth-order valence-corrected chi connectivity index (χ4v) is 4.36. The summed E-state index contributed by atoms with van der Waals surface area (Å²) in [7, 11) is 0. The highest BCUT2D eigenvalue weighted by Crippen LogP contribution is 2.34. The van der Waals surface area contributed by atoms with Gasteiger partial charge in [0.2, 0.25) is 0 Å². The predicted octanol–water partition coefficient (Wildman–Crippen LogP) is 7.04. The largest absolute Gasteiger partial charge is 0.351 e. The average molecular weight is 452 g/mol. The monoisotopic (exact) mass is 451 g/mol. The summed E-state index contributed by atoms with van der Waals surface area (Å²) in [6, 6.07) is 21.3. The number of fused-ring (bicyclic) bond motifs is 1. The van der Waals surface area contributed by atoms with Crippen LogP contribution in [-0.2, 0) is 0 Å². The number of anilines is 1. The first-order chi connectivity index (χ1) is 16.0. The van der Waals surface area contributed by atoms with Gasteiger partial charge in [-0.2, -0.15) is 0 Å². The molecule has 2 aromatic carbocycles. The van der Waals surface area contributed by atoms with Gasteiger partial charge in [-0.05, 0) is 93.1 Å². The first kappa shape index (κ1) is 21.5. The van der Waals surface area contributed by atoms with Gasteiger partial charge in [-0.3, -0.25) is 0 Å². The number of hydrogen-bond acceptors (Lipinski definition) is 3. The van der Waals surface area contributed by atoms with Gasteiger partial charge in [-0.25, -0.2) is 9.97 Å². The second kappa shape index (κ2) is 8.89. The smallest absolute Gasteiger partial charge is 0.129 e. The van der Waals surface area contributed by atoms with Crippen LogP contribution in [0, 0.1) is 18.8 Å². The molecule has 1 fully saturated rings. The molecule has 0 radical (unpaired) electrons. The van der Waals surface area contributed by atoms with Gasteiger partial charge in [-0.1, -0.05) is 35.7 Å². The normalized spacial score (nSPS) is 13.1. The zero-order valence-electron chi connectivity index (χ0n) is 19.1. The quantitative estimate of drug-likeness (QED) is 0.312. The molecule has 0 amide bonds. The van der Waals surface area contributed by atoms with Gasteiger partial charge in [0.15, 0.2) is 0 Å². The zero-order valence-corrected chi connectivity index (χ0v) is 19.9. The van der Waals surface area contributed by atoms with Gasteiger partial charge < -0.3 is 4.90 Å². The third-order valence-corrected chi connectivity index (χ3v) is 6.29. The van der Waals surface area contributed by atoms with Gasteiger partial charge in [0.05, 0.1) is 5.52 Å².